The van der Waals surface area contributed by atoms with Crippen LogP contribution in [0, 0.1) is 11.6 Å². The fourth-order valence-corrected chi connectivity index (χ4v) is 3.65. The highest BCUT2D eigenvalue weighted by Gasteiger charge is 2.41. The van der Waals surface area contributed by atoms with Gasteiger partial charge in [-0.05, 0) is 25.1 Å². The zero-order chi connectivity index (χ0) is 22.3. The monoisotopic (exact) mass is 447 g/mol. The van der Waals surface area contributed by atoms with Gasteiger partial charge in [0.15, 0.2) is 0 Å². The molecule has 160 valence electrons. The molecule has 4 rings (SSSR count). The number of benzene rings is 2. The molecule has 0 saturated carbocycles. The van der Waals surface area contributed by atoms with Crippen LogP contribution in [0.15, 0.2) is 54.1 Å². The predicted octanol–water partition coefficient (Wildman–Crippen LogP) is 2.77. The Morgan fingerprint density at radius 1 is 1.23 bits per heavy atom. The quantitative estimate of drug-likeness (QED) is 0.487. The number of hydrogen-bond donors (Lipinski definition) is 2. The third-order valence-electron chi connectivity index (χ3n) is 5.23. The van der Waals surface area contributed by atoms with Crippen LogP contribution in [0.1, 0.15) is 18.5 Å². The highest BCUT2D eigenvalue weighted by Crippen LogP contribution is 2.36. The molecule has 0 aliphatic heterocycles. The molecule has 0 aliphatic rings. The van der Waals surface area contributed by atoms with Crippen LogP contribution in [0.4, 0.5) is 8.78 Å². The summed E-state index contributed by atoms with van der Waals surface area (Å²) in [5.41, 5.74) is -2.63. The summed E-state index contributed by atoms with van der Waals surface area (Å²) >= 11 is 5.88. The van der Waals surface area contributed by atoms with Gasteiger partial charge in [0.1, 0.15) is 35.6 Å². The number of nitrogens with zero attached hydrogens (tertiary/aromatic N) is 5. The molecular formula is C20H16ClF2N5O3. The molecule has 2 unspecified atom stereocenters. The van der Waals surface area contributed by atoms with Crippen molar-refractivity contribution in [1.29, 1.82) is 0 Å². The fraction of sp³-hybridized carbons (Fsp3) is 0.200. The van der Waals surface area contributed by atoms with E-state index in [1.54, 1.807) is 0 Å². The Kier molecular flexibility index (Phi) is 5.19. The molecule has 8 nitrogen and oxygen atoms in total. The fourth-order valence-electron chi connectivity index (χ4n) is 3.50. The first kappa shape index (κ1) is 20.9. The van der Waals surface area contributed by atoms with Gasteiger partial charge in [0.25, 0.3) is 5.56 Å². The average molecular weight is 448 g/mol. The van der Waals surface area contributed by atoms with E-state index in [1.807, 2.05) is 0 Å². The number of phenols is 1. The molecule has 0 aliphatic carbocycles. The summed E-state index contributed by atoms with van der Waals surface area (Å²) < 4.78 is 30.6. The van der Waals surface area contributed by atoms with Crippen LogP contribution in [-0.2, 0) is 12.1 Å². The van der Waals surface area contributed by atoms with Gasteiger partial charge in [-0.1, -0.05) is 17.7 Å². The van der Waals surface area contributed by atoms with E-state index in [1.165, 1.54) is 42.7 Å². The zero-order valence-corrected chi connectivity index (χ0v) is 16.8. The summed E-state index contributed by atoms with van der Waals surface area (Å²) in [6, 6.07) is 4.20. The second-order valence-corrected chi connectivity index (χ2v) is 7.50. The van der Waals surface area contributed by atoms with E-state index in [2.05, 4.69) is 15.1 Å². The molecule has 2 aromatic heterocycles. The van der Waals surface area contributed by atoms with Crippen LogP contribution in [-0.4, -0.2) is 34.5 Å². The first-order valence-corrected chi connectivity index (χ1v) is 9.48. The molecule has 0 bridgehead atoms. The van der Waals surface area contributed by atoms with Crippen LogP contribution in [0.25, 0.3) is 10.9 Å². The standard InChI is InChI=1S/C20H16ClF2N5O3/c1-11(28-10-25-17-6-15(21)18(29)5-13(17)19(28)30)20(31,7-27-9-24-8-26-27)14-3-2-12(22)4-16(14)23/h2-6,8-11,29,31H,7H2,1H3. The molecule has 2 heterocycles. The van der Waals surface area contributed by atoms with Crippen molar-refractivity contribution in [3.05, 3.63) is 81.9 Å². The van der Waals surface area contributed by atoms with Crippen LogP contribution in [0.3, 0.4) is 0 Å². The number of fused-ring (bicyclic) bond motifs is 1. The van der Waals surface area contributed by atoms with Gasteiger partial charge >= 0.3 is 0 Å². The van der Waals surface area contributed by atoms with Crippen molar-refractivity contribution in [1.82, 2.24) is 24.3 Å². The van der Waals surface area contributed by atoms with E-state index in [9.17, 15) is 23.8 Å². The van der Waals surface area contributed by atoms with Gasteiger partial charge in [0.05, 0.1) is 34.8 Å². The van der Waals surface area contributed by atoms with Crippen LogP contribution in [0.5, 0.6) is 5.75 Å². The predicted molar refractivity (Wildman–Crippen MR) is 108 cm³/mol. The number of aromatic nitrogens is 5. The highest BCUT2D eigenvalue weighted by molar-refractivity contribution is 6.32. The number of aromatic hydroxyl groups is 1. The van der Waals surface area contributed by atoms with E-state index in [0.29, 0.717) is 6.07 Å². The summed E-state index contributed by atoms with van der Waals surface area (Å²) in [6.45, 7) is 1.21. The number of hydrogen-bond acceptors (Lipinski definition) is 6. The van der Waals surface area contributed by atoms with Crippen molar-refractivity contribution in [3.63, 3.8) is 0 Å². The van der Waals surface area contributed by atoms with Crippen molar-refractivity contribution in [2.75, 3.05) is 0 Å². The number of rotatable bonds is 5. The van der Waals surface area contributed by atoms with Crippen LogP contribution >= 0.6 is 11.6 Å². The maximum atomic E-state index is 14.7. The van der Waals surface area contributed by atoms with E-state index in [0.717, 1.165) is 16.7 Å². The van der Waals surface area contributed by atoms with E-state index >= 15 is 0 Å². The van der Waals surface area contributed by atoms with Crippen molar-refractivity contribution in [2.45, 2.75) is 25.1 Å². The lowest BCUT2D eigenvalue weighted by Crippen LogP contribution is -2.43. The molecule has 0 spiro atoms. The second kappa shape index (κ2) is 7.71. The minimum Gasteiger partial charge on any atom is -0.506 e. The van der Waals surface area contributed by atoms with Crippen molar-refractivity contribution >= 4 is 22.5 Å². The molecule has 0 fully saturated rings. The molecule has 2 N–H and O–H groups in total. The minimum atomic E-state index is -2.04. The second-order valence-electron chi connectivity index (χ2n) is 7.10. The molecular weight excluding hydrogens is 432 g/mol. The average Bonchev–Trinajstić information content (AvgIpc) is 3.22. The molecule has 2 atom stereocenters. The lowest BCUT2D eigenvalue weighted by atomic mass is 9.86. The smallest absolute Gasteiger partial charge is 0.261 e. The lowest BCUT2D eigenvalue weighted by Gasteiger charge is -2.35. The molecule has 2 aromatic carbocycles. The maximum absolute atomic E-state index is 14.7. The third-order valence-corrected chi connectivity index (χ3v) is 5.53. The molecule has 11 heteroatoms. The van der Waals surface area contributed by atoms with Gasteiger partial charge in [-0.2, -0.15) is 5.10 Å². The number of phenolic OH excluding ortho intramolecular Hbond substituents is 1. The SMILES string of the molecule is CC(n1cnc2cc(Cl)c(O)cc2c1=O)C(O)(Cn1cncn1)c1ccc(F)cc1F. The first-order valence-electron chi connectivity index (χ1n) is 9.10. The topological polar surface area (TPSA) is 106 Å². The van der Waals surface area contributed by atoms with Crippen LogP contribution < -0.4 is 5.56 Å². The van der Waals surface area contributed by atoms with Crippen molar-refractivity contribution < 1.29 is 19.0 Å². The van der Waals surface area contributed by atoms with Crippen LogP contribution in [0.2, 0.25) is 5.02 Å². The van der Waals surface area contributed by atoms with E-state index in [4.69, 9.17) is 11.6 Å². The molecule has 0 amide bonds. The van der Waals surface area contributed by atoms with Gasteiger partial charge in [-0.15, -0.1) is 0 Å². The molecule has 0 radical (unpaired) electrons. The Hall–Kier alpha value is -3.37. The summed E-state index contributed by atoms with van der Waals surface area (Å²) in [5, 5.41) is 25.5. The van der Waals surface area contributed by atoms with E-state index < -0.39 is 28.8 Å². The Bertz CT molecular complexity index is 1330. The van der Waals surface area contributed by atoms with Gasteiger partial charge in [-0.25, -0.2) is 23.4 Å². The van der Waals surface area contributed by atoms with Crippen molar-refractivity contribution in [2.24, 2.45) is 0 Å². The zero-order valence-electron chi connectivity index (χ0n) is 16.1. The highest BCUT2D eigenvalue weighted by atomic mass is 35.5. The Labute approximate surface area is 179 Å². The summed E-state index contributed by atoms with van der Waals surface area (Å²) in [7, 11) is 0. The lowest BCUT2D eigenvalue weighted by molar-refractivity contribution is -0.0343. The van der Waals surface area contributed by atoms with Gasteiger partial charge in [-0.3, -0.25) is 9.36 Å². The minimum absolute atomic E-state index is 0.0290. The van der Waals surface area contributed by atoms with E-state index in [-0.39, 0.29) is 33.8 Å². The Morgan fingerprint density at radius 3 is 2.68 bits per heavy atom. The largest absolute Gasteiger partial charge is 0.506 e. The van der Waals surface area contributed by atoms with Gasteiger partial charge in [0, 0.05) is 11.6 Å². The third kappa shape index (κ3) is 3.64. The summed E-state index contributed by atoms with van der Waals surface area (Å²) in [4.78, 5) is 21.1. The Morgan fingerprint density at radius 2 is 2.00 bits per heavy atom. The molecule has 0 saturated heterocycles. The number of aliphatic hydroxyl groups is 1. The summed E-state index contributed by atoms with van der Waals surface area (Å²) in [5.74, 6) is -2.10. The summed E-state index contributed by atoms with van der Waals surface area (Å²) in [6.07, 6.45) is 3.75. The first-order chi connectivity index (χ1) is 14.7. The number of halogens is 3. The van der Waals surface area contributed by atoms with Gasteiger partial charge in [0.2, 0.25) is 0 Å². The maximum Gasteiger partial charge on any atom is 0.261 e. The van der Waals surface area contributed by atoms with Gasteiger partial charge < -0.3 is 10.2 Å². The van der Waals surface area contributed by atoms with Crippen molar-refractivity contribution in [3.8, 4) is 5.75 Å². The molecule has 4 aromatic rings. The normalized spacial score (nSPS) is 14.5. The Balaban J connectivity index is 1.90. The molecule has 31 heavy (non-hydrogen) atoms.